The monoisotopic (exact) mass is 353 g/mol. The van der Waals surface area contributed by atoms with Crippen molar-refractivity contribution in [1.29, 1.82) is 0 Å². The summed E-state index contributed by atoms with van der Waals surface area (Å²) >= 11 is 1.24. The van der Waals surface area contributed by atoms with Gasteiger partial charge in [-0.25, -0.2) is 15.0 Å². The van der Waals surface area contributed by atoms with E-state index in [0.717, 1.165) is 11.3 Å². The maximum absolute atomic E-state index is 12.1. The molecule has 0 spiro atoms. The van der Waals surface area contributed by atoms with Crippen LogP contribution in [0.15, 0.2) is 48.1 Å². The maximum atomic E-state index is 12.1. The number of nitrogens with one attached hydrogen (secondary N) is 2. The summed E-state index contributed by atoms with van der Waals surface area (Å²) in [6.45, 7) is 1.98. The summed E-state index contributed by atoms with van der Waals surface area (Å²) < 4.78 is 0. The molecule has 0 aliphatic rings. The van der Waals surface area contributed by atoms with E-state index in [1.807, 2.05) is 31.2 Å². The first-order valence-corrected chi connectivity index (χ1v) is 8.37. The van der Waals surface area contributed by atoms with Crippen molar-refractivity contribution in [2.24, 2.45) is 0 Å². The summed E-state index contributed by atoms with van der Waals surface area (Å²) in [5, 5.41) is 7.56. The first-order valence-electron chi connectivity index (χ1n) is 7.49. The maximum Gasteiger partial charge on any atom is 0.295 e. The fourth-order valence-corrected chi connectivity index (χ4v) is 2.73. The molecule has 0 saturated carbocycles. The average molecular weight is 353 g/mol. The number of benzene rings is 1. The van der Waals surface area contributed by atoms with Crippen LogP contribution in [0.1, 0.15) is 21.9 Å². The fraction of sp³-hybridized carbons (Fsp3) is 0.118. The molecule has 0 radical (unpaired) electrons. The third kappa shape index (κ3) is 4.67. The molecule has 2 amide bonds. The smallest absolute Gasteiger partial charge is 0.295 e. The Labute approximate surface area is 148 Å². The first kappa shape index (κ1) is 16.7. The van der Waals surface area contributed by atoms with E-state index in [-0.39, 0.29) is 18.2 Å². The van der Waals surface area contributed by atoms with Crippen LogP contribution in [-0.4, -0.2) is 26.8 Å². The van der Waals surface area contributed by atoms with Gasteiger partial charge < -0.3 is 5.32 Å². The molecule has 0 bridgehead atoms. The number of aromatic nitrogens is 3. The van der Waals surface area contributed by atoms with Crippen LogP contribution in [0.25, 0.3) is 0 Å². The van der Waals surface area contributed by atoms with Gasteiger partial charge >= 0.3 is 0 Å². The second kappa shape index (κ2) is 7.63. The molecule has 1 aromatic carbocycles. The Morgan fingerprint density at radius 3 is 2.52 bits per heavy atom. The van der Waals surface area contributed by atoms with Gasteiger partial charge in [-0.15, -0.1) is 11.3 Å². The number of hydrogen-bond acceptors (Lipinski definition) is 6. The molecule has 3 rings (SSSR count). The average Bonchev–Trinajstić information content (AvgIpc) is 3.04. The van der Waals surface area contributed by atoms with Crippen LogP contribution in [0.2, 0.25) is 0 Å². The second-order valence-electron chi connectivity index (χ2n) is 5.26. The van der Waals surface area contributed by atoms with Crippen LogP contribution in [0.5, 0.6) is 0 Å². The Morgan fingerprint density at radius 1 is 1.08 bits per heavy atom. The molecular formula is C17H15N5O2S. The molecule has 0 atom stereocenters. The summed E-state index contributed by atoms with van der Waals surface area (Å²) in [6, 6.07) is 9.18. The minimum atomic E-state index is -0.439. The van der Waals surface area contributed by atoms with Gasteiger partial charge in [0.1, 0.15) is 0 Å². The highest BCUT2D eigenvalue weighted by atomic mass is 32.1. The molecule has 0 unspecified atom stereocenters. The van der Waals surface area contributed by atoms with Crippen molar-refractivity contribution in [3.8, 4) is 0 Å². The number of carbonyl (C=O) groups is 2. The van der Waals surface area contributed by atoms with Gasteiger partial charge in [-0.1, -0.05) is 17.7 Å². The van der Waals surface area contributed by atoms with Gasteiger partial charge in [-0.2, -0.15) is 0 Å². The van der Waals surface area contributed by atoms with Gasteiger partial charge in [-0.05, 0) is 25.1 Å². The second-order valence-corrected chi connectivity index (χ2v) is 6.12. The number of thiazole rings is 1. The van der Waals surface area contributed by atoms with E-state index in [2.05, 4.69) is 25.6 Å². The molecule has 0 fully saturated rings. The van der Waals surface area contributed by atoms with E-state index in [4.69, 9.17) is 0 Å². The van der Waals surface area contributed by atoms with E-state index in [0.29, 0.717) is 10.8 Å². The number of aryl methyl sites for hydroxylation is 1. The van der Waals surface area contributed by atoms with Gasteiger partial charge in [0.15, 0.2) is 5.13 Å². The van der Waals surface area contributed by atoms with Crippen molar-refractivity contribution in [3.63, 3.8) is 0 Å². The zero-order valence-corrected chi connectivity index (χ0v) is 14.2. The highest BCUT2D eigenvalue weighted by Crippen LogP contribution is 2.17. The lowest BCUT2D eigenvalue weighted by molar-refractivity contribution is -0.115. The van der Waals surface area contributed by atoms with E-state index in [1.54, 1.807) is 11.4 Å². The summed E-state index contributed by atoms with van der Waals surface area (Å²) in [4.78, 5) is 36.0. The van der Waals surface area contributed by atoms with Crippen LogP contribution >= 0.6 is 11.3 Å². The predicted molar refractivity (Wildman–Crippen MR) is 95.6 cm³/mol. The number of carbonyl (C=O) groups excluding carboxylic acids is 2. The van der Waals surface area contributed by atoms with Crippen LogP contribution in [0, 0.1) is 6.92 Å². The zero-order valence-electron chi connectivity index (χ0n) is 13.4. The third-order valence-corrected chi connectivity index (χ3v) is 4.02. The molecule has 7 nitrogen and oxygen atoms in total. The lowest BCUT2D eigenvalue weighted by atomic mass is 10.2. The lowest BCUT2D eigenvalue weighted by Gasteiger charge is -2.04. The Kier molecular flexibility index (Phi) is 5.10. The van der Waals surface area contributed by atoms with Crippen LogP contribution in [0.4, 0.5) is 10.8 Å². The quantitative estimate of drug-likeness (QED) is 0.735. The predicted octanol–water partition coefficient (Wildman–Crippen LogP) is 2.68. The van der Waals surface area contributed by atoms with Gasteiger partial charge in [-0.3, -0.25) is 14.9 Å². The van der Waals surface area contributed by atoms with Gasteiger partial charge in [0.05, 0.1) is 12.1 Å². The highest BCUT2D eigenvalue weighted by Gasteiger charge is 2.12. The number of anilines is 2. The summed E-state index contributed by atoms with van der Waals surface area (Å²) in [5.74, 6) is -0.541. The van der Waals surface area contributed by atoms with Crippen molar-refractivity contribution in [1.82, 2.24) is 15.0 Å². The Bertz CT molecular complexity index is 878. The molecule has 2 N–H and O–H groups in total. The molecule has 3 aromatic rings. The van der Waals surface area contributed by atoms with Crippen molar-refractivity contribution >= 4 is 34.0 Å². The van der Waals surface area contributed by atoms with E-state index >= 15 is 0 Å². The Morgan fingerprint density at radius 2 is 1.80 bits per heavy atom. The van der Waals surface area contributed by atoms with Gasteiger partial charge in [0.25, 0.3) is 5.91 Å². The number of rotatable bonds is 5. The molecule has 2 aromatic heterocycles. The minimum absolute atomic E-state index is 0.0661. The first-order chi connectivity index (χ1) is 12.1. The van der Waals surface area contributed by atoms with Gasteiger partial charge in [0, 0.05) is 23.5 Å². The van der Waals surface area contributed by atoms with Crippen LogP contribution in [-0.2, 0) is 11.2 Å². The Balaban J connectivity index is 1.57. The highest BCUT2D eigenvalue weighted by molar-refractivity contribution is 7.14. The standard InChI is InChI=1S/C17H15N5O2S/c1-11-3-5-12(6-4-11)20-14(23)9-13-10-25-17(21-13)22-16(24)15-18-7-2-8-19-15/h2-8,10H,9H2,1H3,(H,20,23)(H,21,22,24). The number of nitrogens with zero attached hydrogens (tertiary/aromatic N) is 3. The van der Waals surface area contributed by atoms with Crippen LogP contribution in [0.3, 0.4) is 0 Å². The van der Waals surface area contributed by atoms with E-state index in [1.165, 1.54) is 23.7 Å². The molecular weight excluding hydrogens is 338 g/mol. The third-order valence-electron chi connectivity index (χ3n) is 3.22. The minimum Gasteiger partial charge on any atom is -0.326 e. The van der Waals surface area contributed by atoms with E-state index < -0.39 is 5.91 Å². The SMILES string of the molecule is Cc1ccc(NC(=O)Cc2csc(NC(=O)c3ncccn3)n2)cc1. The number of hydrogen-bond donors (Lipinski definition) is 2. The van der Waals surface area contributed by atoms with Crippen LogP contribution < -0.4 is 10.6 Å². The molecule has 0 aliphatic carbocycles. The topological polar surface area (TPSA) is 96.9 Å². The lowest BCUT2D eigenvalue weighted by Crippen LogP contribution is -2.16. The largest absolute Gasteiger partial charge is 0.326 e. The van der Waals surface area contributed by atoms with Crippen molar-refractivity contribution in [2.75, 3.05) is 10.6 Å². The van der Waals surface area contributed by atoms with E-state index in [9.17, 15) is 9.59 Å². The molecule has 8 heteroatoms. The van der Waals surface area contributed by atoms with Crippen molar-refractivity contribution in [3.05, 3.63) is 65.2 Å². The zero-order chi connectivity index (χ0) is 17.6. The summed E-state index contributed by atoms with van der Waals surface area (Å²) in [5.41, 5.74) is 2.44. The van der Waals surface area contributed by atoms with Crippen molar-refractivity contribution < 1.29 is 9.59 Å². The number of amides is 2. The molecule has 2 heterocycles. The molecule has 0 aliphatic heterocycles. The normalized spacial score (nSPS) is 10.3. The van der Waals surface area contributed by atoms with Gasteiger partial charge in [0.2, 0.25) is 11.7 Å². The van der Waals surface area contributed by atoms with Crippen molar-refractivity contribution in [2.45, 2.75) is 13.3 Å². The molecule has 0 saturated heterocycles. The molecule has 126 valence electrons. The summed E-state index contributed by atoms with van der Waals surface area (Å²) in [7, 11) is 0. The molecule has 25 heavy (non-hydrogen) atoms. The fourth-order valence-electron chi connectivity index (χ4n) is 2.02. The Hall–Kier alpha value is -3.13. The summed E-state index contributed by atoms with van der Waals surface area (Å²) in [6.07, 6.45) is 3.11.